The zero-order chi connectivity index (χ0) is 25.3. The van der Waals surface area contributed by atoms with Crippen molar-refractivity contribution in [2.75, 3.05) is 5.32 Å². The highest BCUT2D eigenvalue weighted by molar-refractivity contribution is 7.17. The molecule has 2 heteroatoms. The van der Waals surface area contributed by atoms with Crippen molar-refractivity contribution in [3.05, 3.63) is 145 Å². The lowest BCUT2D eigenvalue weighted by atomic mass is 9.91. The highest BCUT2D eigenvalue weighted by Gasteiger charge is 2.11. The molecule has 7 aromatic rings. The normalized spacial score (nSPS) is 11.2. The summed E-state index contributed by atoms with van der Waals surface area (Å²) in [7, 11) is 0. The summed E-state index contributed by atoms with van der Waals surface area (Å²) in [4.78, 5) is 0. The van der Waals surface area contributed by atoms with Crippen LogP contribution in [0.1, 0.15) is 0 Å². The molecule has 1 heterocycles. The molecule has 0 fully saturated rings. The van der Waals surface area contributed by atoms with E-state index in [0.29, 0.717) is 0 Å². The van der Waals surface area contributed by atoms with Gasteiger partial charge < -0.3 is 5.32 Å². The maximum Gasteiger partial charge on any atom is 0.0463 e. The van der Waals surface area contributed by atoms with E-state index in [0.717, 1.165) is 11.4 Å². The molecule has 0 spiro atoms. The Labute approximate surface area is 226 Å². The second kappa shape index (κ2) is 9.66. The number of anilines is 2. The van der Waals surface area contributed by atoms with Gasteiger partial charge in [0.1, 0.15) is 0 Å². The Morgan fingerprint density at radius 1 is 0.447 bits per heavy atom. The first kappa shape index (κ1) is 22.5. The molecule has 0 atom stereocenters. The fourth-order valence-electron chi connectivity index (χ4n) is 5.32. The Bertz CT molecular complexity index is 1900. The van der Waals surface area contributed by atoms with E-state index < -0.39 is 0 Å². The van der Waals surface area contributed by atoms with Gasteiger partial charge in [-0.05, 0) is 85.8 Å². The summed E-state index contributed by atoms with van der Waals surface area (Å²) in [5.74, 6) is 0. The van der Waals surface area contributed by atoms with Crippen molar-refractivity contribution in [1.29, 1.82) is 0 Å². The maximum atomic E-state index is 3.68. The van der Waals surface area contributed by atoms with E-state index in [1.54, 1.807) is 11.3 Å². The van der Waals surface area contributed by atoms with Crippen LogP contribution in [0.4, 0.5) is 11.4 Å². The van der Waals surface area contributed by atoms with Gasteiger partial charge in [-0.2, -0.15) is 0 Å². The first-order valence-electron chi connectivity index (χ1n) is 12.8. The molecular formula is C36H25NS. The van der Waals surface area contributed by atoms with Crippen LogP contribution in [0.2, 0.25) is 0 Å². The van der Waals surface area contributed by atoms with Crippen molar-refractivity contribution in [3.63, 3.8) is 0 Å². The summed E-state index contributed by atoms with van der Waals surface area (Å²) >= 11 is 1.79. The maximum absolute atomic E-state index is 3.68. The van der Waals surface area contributed by atoms with Crippen LogP contribution in [-0.4, -0.2) is 0 Å². The second-order valence-corrected chi connectivity index (χ2v) is 10.4. The van der Waals surface area contributed by atoms with Crippen molar-refractivity contribution in [3.8, 4) is 33.4 Å². The summed E-state index contributed by atoms with van der Waals surface area (Å²) in [6, 6.07) is 50.0. The molecule has 6 aromatic carbocycles. The topological polar surface area (TPSA) is 12.0 Å². The number of thiophene rings is 1. The minimum absolute atomic E-state index is 1.07. The van der Waals surface area contributed by atoms with Gasteiger partial charge in [-0.15, -0.1) is 11.3 Å². The average Bonchev–Trinajstić information content (AvgIpc) is 3.46. The molecule has 38 heavy (non-hydrogen) atoms. The Morgan fingerprint density at radius 2 is 1.13 bits per heavy atom. The van der Waals surface area contributed by atoms with E-state index in [4.69, 9.17) is 0 Å². The number of hydrogen-bond acceptors (Lipinski definition) is 2. The Kier molecular flexibility index (Phi) is 5.73. The molecule has 0 saturated heterocycles. The van der Waals surface area contributed by atoms with E-state index in [2.05, 4.69) is 150 Å². The first-order valence-corrected chi connectivity index (χ1v) is 13.7. The first-order chi connectivity index (χ1) is 18.8. The van der Waals surface area contributed by atoms with Crippen LogP contribution >= 0.6 is 11.3 Å². The van der Waals surface area contributed by atoms with Crippen LogP contribution in [0.25, 0.3) is 54.2 Å². The summed E-state index contributed by atoms with van der Waals surface area (Å²) in [6.07, 6.45) is 0. The van der Waals surface area contributed by atoms with Gasteiger partial charge in [0.25, 0.3) is 0 Å². The van der Waals surface area contributed by atoms with Gasteiger partial charge in [0.15, 0.2) is 0 Å². The monoisotopic (exact) mass is 503 g/mol. The molecule has 1 aromatic heterocycles. The SMILES string of the molecule is c1ccc(-c2ccccc2Nc2cccc(-c3ccc(-c4ccc5sccc5c4)c4ccccc34)c2)cc1. The predicted octanol–water partition coefficient (Wildman–Crippen LogP) is 10.8. The zero-order valence-electron chi connectivity index (χ0n) is 20.8. The molecule has 0 aliphatic carbocycles. The molecule has 180 valence electrons. The molecule has 1 nitrogen and oxygen atoms in total. The highest BCUT2D eigenvalue weighted by Crippen LogP contribution is 2.38. The van der Waals surface area contributed by atoms with Crippen LogP contribution < -0.4 is 5.32 Å². The number of benzene rings is 6. The largest absolute Gasteiger partial charge is 0.355 e. The number of nitrogens with one attached hydrogen (secondary N) is 1. The quantitative estimate of drug-likeness (QED) is 0.246. The molecule has 0 unspecified atom stereocenters. The van der Waals surface area contributed by atoms with E-state index in [1.807, 2.05) is 0 Å². The standard InChI is InChI=1S/C36H25NS/c1-2-9-25(10-3-1)32-13-6-7-16-35(32)37-29-12-8-11-26(24-29)30-18-19-31(34-15-5-4-14-33(30)34)27-17-20-36-28(23-27)21-22-38-36/h1-24,37H. The lowest BCUT2D eigenvalue weighted by molar-refractivity contribution is 1.53. The van der Waals surface area contributed by atoms with Crippen molar-refractivity contribution in [2.24, 2.45) is 0 Å². The van der Waals surface area contributed by atoms with Crippen LogP contribution in [-0.2, 0) is 0 Å². The molecule has 0 radical (unpaired) electrons. The van der Waals surface area contributed by atoms with E-state index in [1.165, 1.54) is 54.2 Å². The van der Waals surface area contributed by atoms with Crippen molar-refractivity contribution < 1.29 is 0 Å². The van der Waals surface area contributed by atoms with Gasteiger partial charge in [0.05, 0.1) is 0 Å². The fraction of sp³-hybridized carbons (Fsp3) is 0. The van der Waals surface area contributed by atoms with Crippen LogP contribution in [0.3, 0.4) is 0 Å². The van der Waals surface area contributed by atoms with Crippen molar-refractivity contribution >= 4 is 43.6 Å². The smallest absolute Gasteiger partial charge is 0.0463 e. The van der Waals surface area contributed by atoms with Gasteiger partial charge in [-0.25, -0.2) is 0 Å². The molecule has 0 aliphatic rings. The number of fused-ring (bicyclic) bond motifs is 2. The van der Waals surface area contributed by atoms with Crippen LogP contribution in [0.15, 0.2) is 145 Å². The third-order valence-electron chi connectivity index (χ3n) is 7.15. The molecule has 0 aliphatic heterocycles. The third kappa shape index (κ3) is 4.15. The molecular weight excluding hydrogens is 478 g/mol. The number of hydrogen-bond donors (Lipinski definition) is 1. The lowest BCUT2D eigenvalue weighted by Gasteiger charge is -2.15. The Balaban J connectivity index is 1.29. The molecule has 7 rings (SSSR count). The molecule has 0 bridgehead atoms. The number of para-hydroxylation sites is 1. The molecule has 0 amide bonds. The highest BCUT2D eigenvalue weighted by atomic mass is 32.1. The minimum Gasteiger partial charge on any atom is -0.355 e. The Morgan fingerprint density at radius 3 is 1.95 bits per heavy atom. The third-order valence-corrected chi connectivity index (χ3v) is 8.05. The minimum atomic E-state index is 1.07. The van der Waals surface area contributed by atoms with Gasteiger partial charge >= 0.3 is 0 Å². The van der Waals surface area contributed by atoms with E-state index in [9.17, 15) is 0 Å². The van der Waals surface area contributed by atoms with Crippen LogP contribution in [0, 0.1) is 0 Å². The van der Waals surface area contributed by atoms with Gasteiger partial charge in [0.2, 0.25) is 0 Å². The molecule has 1 N–H and O–H groups in total. The predicted molar refractivity (Wildman–Crippen MR) is 165 cm³/mol. The molecule has 0 saturated carbocycles. The van der Waals surface area contributed by atoms with Gasteiger partial charge in [-0.1, -0.05) is 103 Å². The summed E-state index contributed by atoms with van der Waals surface area (Å²) < 4.78 is 1.33. The zero-order valence-corrected chi connectivity index (χ0v) is 21.6. The average molecular weight is 504 g/mol. The van der Waals surface area contributed by atoms with Gasteiger partial charge in [-0.3, -0.25) is 0 Å². The summed E-state index contributed by atoms with van der Waals surface area (Å²) in [5, 5.41) is 9.68. The second-order valence-electron chi connectivity index (χ2n) is 9.50. The van der Waals surface area contributed by atoms with Crippen molar-refractivity contribution in [2.45, 2.75) is 0 Å². The van der Waals surface area contributed by atoms with Crippen molar-refractivity contribution in [1.82, 2.24) is 0 Å². The Hall–Kier alpha value is -4.66. The van der Waals surface area contributed by atoms with Gasteiger partial charge in [0, 0.05) is 21.6 Å². The van der Waals surface area contributed by atoms with E-state index in [-0.39, 0.29) is 0 Å². The summed E-state index contributed by atoms with van der Waals surface area (Å²) in [5.41, 5.74) is 9.52. The summed E-state index contributed by atoms with van der Waals surface area (Å²) in [6.45, 7) is 0. The lowest BCUT2D eigenvalue weighted by Crippen LogP contribution is -1.94. The number of rotatable bonds is 5. The van der Waals surface area contributed by atoms with Crippen LogP contribution in [0.5, 0.6) is 0 Å². The van der Waals surface area contributed by atoms with E-state index >= 15 is 0 Å². The fourth-order valence-corrected chi connectivity index (χ4v) is 6.09.